The standard InChI is InChI=1S/C21H17N3O2S2/c1-24(10-11-25)20-9-8-19(28-20)18-7-6-15(27-18)12-14(13-22)21-23-16-4-2-3-5-17(16)26-21/h2-9,12,25H,10-11H2,1H3/b14-12+. The Hall–Kier alpha value is -2.92. The van der Waals surface area contributed by atoms with Gasteiger partial charge in [0.1, 0.15) is 17.2 Å². The van der Waals surface area contributed by atoms with Crippen LogP contribution in [0.5, 0.6) is 0 Å². The van der Waals surface area contributed by atoms with Crippen molar-refractivity contribution in [1.82, 2.24) is 4.98 Å². The van der Waals surface area contributed by atoms with E-state index in [1.807, 2.05) is 48.4 Å². The number of nitriles is 1. The molecule has 7 heteroatoms. The monoisotopic (exact) mass is 407 g/mol. The molecular weight excluding hydrogens is 390 g/mol. The van der Waals surface area contributed by atoms with Crippen LogP contribution in [0.25, 0.3) is 32.5 Å². The summed E-state index contributed by atoms with van der Waals surface area (Å²) in [6.07, 6.45) is 1.81. The normalized spacial score (nSPS) is 11.7. The highest BCUT2D eigenvalue weighted by Crippen LogP contribution is 2.37. The van der Waals surface area contributed by atoms with Gasteiger partial charge in [0, 0.05) is 28.2 Å². The maximum Gasteiger partial charge on any atom is 0.238 e. The van der Waals surface area contributed by atoms with Crippen molar-refractivity contribution in [3.8, 4) is 15.8 Å². The minimum atomic E-state index is 0.129. The molecule has 1 aromatic carbocycles. The Bertz CT molecular complexity index is 1150. The lowest BCUT2D eigenvalue weighted by Crippen LogP contribution is -2.19. The largest absolute Gasteiger partial charge is 0.435 e. The van der Waals surface area contributed by atoms with E-state index in [-0.39, 0.29) is 6.61 Å². The smallest absolute Gasteiger partial charge is 0.238 e. The zero-order valence-electron chi connectivity index (χ0n) is 15.1. The number of oxazole rings is 1. The third-order valence-corrected chi connectivity index (χ3v) is 6.63. The number of nitrogens with zero attached hydrogens (tertiary/aromatic N) is 3. The summed E-state index contributed by atoms with van der Waals surface area (Å²) in [5.74, 6) is 0.336. The summed E-state index contributed by atoms with van der Waals surface area (Å²) < 4.78 is 5.72. The van der Waals surface area contributed by atoms with Crippen LogP contribution in [0.3, 0.4) is 0 Å². The van der Waals surface area contributed by atoms with Gasteiger partial charge in [-0.25, -0.2) is 4.98 Å². The molecular formula is C21H17N3O2S2. The molecule has 0 atom stereocenters. The first-order valence-corrected chi connectivity index (χ1v) is 10.3. The summed E-state index contributed by atoms with van der Waals surface area (Å²) in [5.41, 5.74) is 1.81. The van der Waals surface area contributed by atoms with Crippen molar-refractivity contribution in [1.29, 1.82) is 5.26 Å². The van der Waals surface area contributed by atoms with Crippen LogP contribution in [0.2, 0.25) is 0 Å². The molecule has 0 spiro atoms. The van der Waals surface area contributed by atoms with Crippen LogP contribution in [-0.4, -0.2) is 30.3 Å². The molecule has 4 aromatic rings. The fraction of sp³-hybridized carbons (Fsp3) is 0.143. The predicted molar refractivity (Wildman–Crippen MR) is 115 cm³/mol. The molecule has 3 heterocycles. The van der Waals surface area contributed by atoms with Gasteiger partial charge in [-0.05, 0) is 42.5 Å². The second-order valence-corrected chi connectivity index (χ2v) is 8.32. The molecule has 0 aliphatic carbocycles. The zero-order chi connectivity index (χ0) is 19.5. The minimum absolute atomic E-state index is 0.129. The van der Waals surface area contributed by atoms with Crippen LogP contribution in [0.4, 0.5) is 5.00 Å². The van der Waals surface area contributed by atoms with E-state index >= 15 is 0 Å². The molecule has 5 nitrogen and oxygen atoms in total. The molecule has 0 radical (unpaired) electrons. The Labute approximate surface area is 170 Å². The highest BCUT2D eigenvalue weighted by atomic mass is 32.1. The van der Waals surface area contributed by atoms with Crippen LogP contribution in [0.15, 0.2) is 52.9 Å². The van der Waals surface area contributed by atoms with Gasteiger partial charge in [0.15, 0.2) is 5.58 Å². The van der Waals surface area contributed by atoms with Crippen LogP contribution >= 0.6 is 22.7 Å². The number of fused-ring (bicyclic) bond motifs is 1. The summed E-state index contributed by atoms with van der Waals surface area (Å²) >= 11 is 3.30. The second-order valence-electron chi connectivity index (χ2n) is 6.14. The maximum atomic E-state index is 9.57. The molecule has 0 aliphatic rings. The molecule has 3 aromatic heterocycles. The topological polar surface area (TPSA) is 73.3 Å². The summed E-state index contributed by atoms with van der Waals surface area (Å²) in [7, 11) is 1.97. The first-order chi connectivity index (χ1) is 13.7. The van der Waals surface area contributed by atoms with E-state index in [9.17, 15) is 5.26 Å². The molecule has 140 valence electrons. The van der Waals surface area contributed by atoms with Gasteiger partial charge in [-0.2, -0.15) is 5.26 Å². The van der Waals surface area contributed by atoms with E-state index in [1.165, 1.54) is 0 Å². The summed E-state index contributed by atoms with van der Waals surface area (Å²) in [6, 6.07) is 17.9. The number of aromatic nitrogens is 1. The van der Waals surface area contributed by atoms with Crippen molar-refractivity contribution in [2.45, 2.75) is 0 Å². The molecule has 0 bridgehead atoms. The van der Waals surface area contributed by atoms with Crippen molar-refractivity contribution in [3.63, 3.8) is 0 Å². The lowest BCUT2D eigenvalue weighted by atomic mass is 10.2. The Morgan fingerprint density at radius 1 is 1.18 bits per heavy atom. The quantitative estimate of drug-likeness (QED) is 0.450. The second kappa shape index (κ2) is 7.98. The van der Waals surface area contributed by atoms with E-state index < -0.39 is 0 Å². The molecule has 1 N–H and O–H groups in total. The van der Waals surface area contributed by atoms with E-state index in [1.54, 1.807) is 22.7 Å². The number of likely N-dealkylation sites (N-methyl/N-ethyl adjacent to an activating group) is 1. The zero-order valence-corrected chi connectivity index (χ0v) is 16.8. The lowest BCUT2D eigenvalue weighted by molar-refractivity contribution is 0.304. The van der Waals surface area contributed by atoms with E-state index in [0.717, 1.165) is 25.1 Å². The predicted octanol–water partition coefficient (Wildman–Crippen LogP) is 5.11. The van der Waals surface area contributed by atoms with Gasteiger partial charge in [-0.1, -0.05) is 12.1 Å². The number of aliphatic hydroxyl groups excluding tert-OH is 1. The minimum Gasteiger partial charge on any atom is -0.435 e. The third-order valence-electron chi connectivity index (χ3n) is 4.20. The van der Waals surface area contributed by atoms with E-state index in [0.29, 0.717) is 23.6 Å². The number of anilines is 1. The molecule has 0 saturated carbocycles. The average Bonchev–Trinajstić information content (AvgIpc) is 3.44. The summed E-state index contributed by atoms with van der Waals surface area (Å²) in [6.45, 7) is 0.735. The van der Waals surface area contributed by atoms with Gasteiger partial charge in [-0.3, -0.25) is 0 Å². The van der Waals surface area contributed by atoms with Gasteiger partial charge < -0.3 is 14.4 Å². The number of para-hydroxylation sites is 2. The van der Waals surface area contributed by atoms with E-state index in [4.69, 9.17) is 9.52 Å². The summed E-state index contributed by atoms with van der Waals surface area (Å²) in [4.78, 5) is 9.70. The number of aliphatic hydroxyl groups is 1. The van der Waals surface area contributed by atoms with E-state index in [2.05, 4.69) is 29.3 Å². The van der Waals surface area contributed by atoms with Crippen molar-refractivity contribution in [3.05, 3.63) is 59.3 Å². The first kappa shape index (κ1) is 18.4. The van der Waals surface area contributed by atoms with Crippen LogP contribution in [0, 0.1) is 11.3 Å². The van der Waals surface area contributed by atoms with Gasteiger partial charge in [0.25, 0.3) is 0 Å². The molecule has 0 aliphatic heterocycles. The third kappa shape index (κ3) is 3.71. The van der Waals surface area contributed by atoms with Crippen LogP contribution < -0.4 is 4.90 Å². The maximum absolute atomic E-state index is 9.57. The summed E-state index contributed by atoms with van der Waals surface area (Å²) in [5, 5.41) is 19.8. The number of thiophene rings is 2. The number of hydrogen-bond donors (Lipinski definition) is 1. The Morgan fingerprint density at radius 3 is 2.75 bits per heavy atom. The Morgan fingerprint density at radius 2 is 1.96 bits per heavy atom. The Balaban J connectivity index is 1.60. The number of allylic oxidation sites excluding steroid dienone is 1. The lowest BCUT2D eigenvalue weighted by Gasteiger charge is -2.14. The SMILES string of the molecule is CN(CCO)c1ccc(-c2ccc(/C=C(\C#N)c3nc4ccccc4o3)s2)s1. The van der Waals surface area contributed by atoms with Gasteiger partial charge >= 0.3 is 0 Å². The fourth-order valence-corrected chi connectivity index (χ4v) is 4.79. The molecule has 4 rings (SSSR count). The van der Waals surface area contributed by atoms with Crippen LogP contribution in [-0.2, 0) is 0 Å². The number of benzene rings is 1. The molecule has 0 fully saturated rings. The first-order valence-electron chi connectivity index (χ1n) is 8.67. The van der Waals surface area contributed by atoms with Crippen molar-refractivity contribution < 1.29 is 9.52 Å². The van der Waals surface area contributed by atoms with Crippen molar-refractivity contribution >= 4 is 50.4 Å². The van der Waals surface area contributed by atoms with Gasteiger partial charge in [-0.15, -0.1) is 22.7 Å². The highest BCUT2D eigenvalue weighted by molar-refractivity contribution is 7.24. The molecule has 0 saturated heterocycles. The highest BCUT2D eigenvalue weighted by Gasteiger charge is 2.12. The number of hydrogen-bond acceptors (Lipinski definition) is 7. The number of rotatable bonds is 6. The van der Waals surface area contributed by atoms with Crippen LogP contribution in [0.1, 0.15) is 10.8 Å². The van der Waals surface area contributed by atoms with Gasteiger partial charge in [0.2, 0.25) is 5.89 Å². The van der Waals surface area contributed by atoms with Gasteiger partial charge in [0.05, 0.1) is 11.6 Å². The average molecular weight is 408 g/mol. The van der Waals surface area contributed by atoms with Crippen molar-refractivity contribution in [2.75, 3.05) is 25.1 Å². The molecule has 28 heavy (non-hydrogen) atoms. The Kier molecular flexibility index (Phi) is 5.26. The fourth-order valence-electron chi connectivity index (χ4n) is 2.76. The molecule has 0 unspecified atom stereocenters. The molecule has 0 amide bonds. The van der Waals surface area contributed by atoms with Crippen molar-refractivity contribution in [2.24, 2.45) is 0 Å².